The van der Waals surface area contributed by atoms with Gasteiger partial charge in [-0.05, 0) is 17.9 Å². The summed E-state index contributed by atoms with van der Waals surface area (Å²) >= 11 is 0. The Morgan fingerprint density at radius 3 is 2.85 bits per heavy atom. The summed E-state index contributed by atoms with van der Waals surface area (Å²) in [6.07, 6.45) is 4.34. The maximum atomic E-state index is 5.63. The van der Waals surface area contributed by atoms with Crippen LogP contribution in [0.5, 0.6) is 0 Å². The summed E-state index contributed by atoms with van der Waals surface area (Å²) in [5.41, 5.74) is 9.00. The van der Waals surface area contributed by atoms with E-state index >= 15 is 0 Å². The Balaban J connectivity index is 1.82. The normalized spacial score (nSPS) is 18.0. The van der Waals surface area contributed by atoms with E-state index in [1.54, 1.807) is 7.11 Å². The Bertz CT molecular complexity index is 574. The summed E-state index contributed by atoms with van der Waals surface area (Å²) in [6.45, 7) is 2.45. The van der Waals surface area contributed by atoms with Crippen molar-refractivity contribution in [3.8, 4) is 11.3 Å². The van der Waals surface area contributed by atoms with Crippen LogP contribution in [0.3, 0.4) is 0 Å². The second-order valence-electron chi connectivity index (χ2n) is 5.45. The molecule has 0 aliphatic carbocycles. The van der Waals surface area contributed by atoms with Crippen molar-refractivity contribution in [1.82, 2.24) is 9.55 Å². The van der Waals surface area contributed by atoms with Gasteiger partial charge in [-0.3, -0.25) is 0 Å². The molecule has 1 unspecified atom stereocenters. The van der Waals surface area contributed by atoms with Gasteiger partial charge in [0.1, 0.15) is 5.82 Å². The van der Waals surface area contributed by atoms with Crippen LogP contribution in [-0.4, -0.2) is 23.3 Å². The van der Waals surface area contributed by atoms with Gasteiger partial charge in [0, 0.05) is 45.0 Å². The largest absolute Gasteiger partial charge is 0.384 e. The molecule has 1 atom stereocenters. The quantitative estimate of drug-likeness (QED) is 0.927. The summed E-state index contributed by atoms with van der Waals surface area (Å²) in [6, 6.07) is 8.34. The first-order chi connectivity index (χ1) is 9.80. The van der Waals surface area contributed by atoms with Gasteiger partial charge in [-0.25, -0.2) is 4.98 Å². The minimum absolute atomic E-state index is 0.582. The van der Waals surface area contributed by atoms with Crippen LogP contribution in [0.25, 0.3) is 11.3 Å². The van der Waals surface area contributed by atoms with Crippen molar-refractivity contribution < 1.29 is 4.74 Å². The molecule has 3 rings (SSSR count). The molecule has 0 spiro atoms. The molecule has 0 radical (unpaired) electrons. The molecule has 2 heterocycles. The van der Waals surface area contributed by atoms with E-state index in [0.29, 0.717) is 12.5 Å². The number of nitrogens with zero attached hydrogens (tertiary/aromatic N) is 2. The average molecular weight is 271 g/mol. The van der Waals surface area contributed by atoms with E-state index < -0.39 is 0 Å². The predicted octanol–water partition coefficient (Wildman–Crippen LogP) is 2.22. The first-order valence-electron chi connectivity index (χ1n) is 7.14. The summed E-state index contributed by atoms with van der Waals surface area (Å²) in [7, 11) is 1.77. The first kappa shape index (κ1) is 13.3. The lowest BCUT2D eigenvalue weighted by Gasteiger charge is -2.22. The maximum Gasteiger partial charge on any atom is 0.109 e. The molecule has 1 aromatic heterocycles. The van der Waals surface area contributed by atoms with Gasteiger partial charge in [0.05, 0.1) is 5.69 Å². The molecule has 0 bridgehead atoms. The minimum Gasteiger partial charge on any atom is -0.384 e. The molecule has 1 aliphatic rings. The van der Waals surface area contributed by atoms with E-state index in [-0.39, 0.29) is 0 Å². The summed E-state index contributed by atoms with van der Waals surface area (Å²) < 4.78 is 7.54. The molecule has 0 saturated carbocycles. The van der Waals surface area contributed by atoms with Crippen LogP contribution in [0, 0.1) is 5.92 Å². The number of fused-ring (bicyclic) bond motifs is 1. The Hall–Kier alpha value is -1.65. The average Bonchev–Trinajstić information content (AvgIpc) is 2.91. The minimum atomic E-state index is 0.582. The lowest BCUT2D eigenvalue weighted by Crippen LogP contribution is -2.22. The zero-order valence-electron chi connectivity index (χ0n) is 11.9. The lowest BCUT2D eigenvalue weighted by molar-refractivity contribution is 0.137. The number of imidazole rings is 1. The van der Waals surface area contributed by atoms with Crippen LogP contribution in [-0.2, 0) is 24.2 Å². The van der Waals surface area contributed by atoms with E-state index in [2.05, 4.69) is 35.0 Å². The van der Waals surface area contributed by atoms with Crippen molar-refractivity contribution in [2.24, 2.45) is 11.7 Å². The second kappa shape index (κ2) is 5.77. The van der Waals surface area contributed by atoms with Crippen molar-refractivity contribution in [2.45, 2.75) is 25.9 Å². The van der Waals surface area contributed by atoms with Crippen molar-refractivity contribution in [2.75, 3.05) is 13.7 Å². The summed E-state index contributed by atoms with van der Waals surface area (Å²) in [4.78, 5) is 4.79. The smallest absolute Gasteiger partial charge is 0.109 e. The Morgan fingerprint density at radius 2 is 2.15 bits per heavy atom. The van der Waals surface area contributed by atoms with Gasteiger partial charge in [0.15, 0.2) is 0 Å². The van der Waals surface area contributed by atoms with Gasteiger partial charge in [-0.1, -0.05) is 24.3 Å². The Kier molecular flexibility index (Phi) is 3.85. The highest BCUT2D eigenvalue weighted by Gasteiger charge is 2.20. The SMILES string of the molecule is COCC1CCn2cc(-c3ccc(CN)cc3)nc2C1. The third-order valence-electron chi connectivity index (χ3n) is 4.00. The molecule has 106 valence electrons. The zero-order valence-corrected chi connectivity index (χ0v) is 11.9. The van der Waals surface area contributed by atoms with Gasteiger partial charge in [0.25, 0.3) is 0 Å². The van der Waals surface area contributed by atoms with Crippen LogP contribution < -0.4 is 5.73 Å². The third kappa shape index (κ3) is 2.62. The van der Waals surface area contributed by atoms with Gasteiger partial charge in [-0.2, -0.15) is 0 Å². The van der Waals surface area contributed by atoms with E-state index in [1.807, 2.05) is 0 Å². The van der Waals surface area contributed by atoms with Crippen LogP contribution in [0.4, 0.5) is 0 Å². The van der Waals surface area contributed by atoms with Crippen molar-refractivity contribution >= 4 is 0 Å². The van der Waals surface area contributed by atoms with Crippen molar-refractivity contribution in [1.29, 1.82) is 0 Å². The number of hydrogen-bond acceptors (Lipinski definition) is 3. The van der Waals surface area contributed by atoms with Crippen LogP contribution in [0.1, 0.15) is 17.8 Å². The van der Waals surface area contributed by atoms with E-state index in [4.69, 9.17) is 15.5 Å². The Labute approximate surface area is 119 Å². The number of hydrogen-bond donors (Lipinski definition) is 1. The predicted molar refractivity (Wildman–Crippen MR) is 79.2 cm³/mol. The fourth-order valence-corrected chi connectivity index (χ4v) is 2.82. The molecular formula is C16H21N3O. The van der Waals surface area contributed by atoms with Crippen molar-refractivity contribution in [3.63, 3.8) is 0 Å². The number of aromatic nitrogens is 2. The molecule has 0 fully saturated rings. The Morgan fingerprint density at radius 1 is 1.35 bits per heavy atom. The van der Waals surface area contributed by atoms with Crippen LogP contribution >= 0.6 is 0 Å². The number of nitrogens with two attached hydrogens (primary N) is 1. The number of rotatable bonds is 4. The molecule has 20 heavy (non-hydrogen) atoms. The molecule has 0 amide bonds. The topological polar surface area (TPSA) is 53.1 Å². The lowest BCUT2D eigenvalue weighted by atomic mass is 9.99. The standard InChI is InChI=1S/C16H21N3O/c1-20-11-13-6-7-19-10-15(18-16(19)8-13)14-4-2-12(9-17)3-5-14/h2-5,10,13H,6-9,11,17H2,1H3. The van der Waals surface area contributed by atoms with Gasteiger partial charge < -0.3 is 15.0 Å². The van der Waals surface area contributed by atoms with Gasteiger partial charge >= 0.3 is 0 Å². The highest BCUT2D eigenvalue weighted by molar-refractivity contribution is 5.59. The number of methoxy groups -OCH3 is 1. The van der Waals surface area contributed by atoms with E-state index in [0.717, 1.165) is 36.4 Å². The fraction of sp³-hybridized carbons (Fsp3) is 0.438. The van der Waals surface area contributed by atoms with Gasteiger partial charge in [0.2, 0.25) is 0 Å². The zero-order chi connectivity index (χ0) is 13.9. The van der Waals surface area contributed by atoms with Gasteiger partial charge in [-0.15, -0.1) is 0 Å². The molecule has 2 aromatic rings. The number of ether oxygens (including phenoxy) is 1. The highest BCUT2D eigenvalue weighted by Crippen LogP contribution is 2.25. The molecule has 4 heteroatoms. The van der Waals surface area contributed by atoms with E-state index in [1.165, 1.54) is 12.2 Å². The highest BCUT2D eigenvalue weighted by atomic mass is 16.5. The summed E-state index contributed by atoms with van der Waals surface area (Å²) in [5.74, 6) is 1.78. The monoisotopic (exact) mass is 271 g/mol. The second-order valence-corrected chi connectivity index (χ2v) is 5.45. The molecule has 4 nitrogen and oxygen atoms in total. The molecule has 0 saturated heterocycles. The van der Waals surface area contributed by atoms with Crippen LogP contribution in [0.15, 0.2) is 30.5 Å². The third-order valence-corrected chi connectivity index (χ3v) is 4.00. The fourth-order valence-electron chi connectivity index (χ4n) is 2.82. The maximum absolute atomic E-state index is 5.63. The number of aryl methyl sites for hydroxylation is 1. The first-order valence-corrected chi connectivity index (χ1v) is 7.14. The molecular weight excluding hydrogens is 250 g/mol. The van der Waals surface area contributed by atoms with Crippen LogP contribution in [0.2, 0.25) is 0 Å². The molecule has 1 aromatic carbocycles. The molecule has 2 N–H and O–H groups in total. The molecule has 1 aliphatic heterocycles. The van der Waals surface area contributed by atoms with E-state index in [9.17, 15) is 0 Å². The summed E-state index contributed by atoms with van der Waals surface area (Å²) in [5, 5.41) is 0. The van der Waals surface area contributed by atoms with Crippen molar-refractivity contribution in [3.05, 3.63) is 41.9 Å². The number of benzene rings is 1.